The zero-order valence-electron chi connectivity index (χ0n) is 13.5. The second kappa shape index (κ2) is 5.64. The summed E-state index contributed by atoms with van der Waals surface area (Å²) < 4.78 is 39.2. The molecule has 1 aromatic heterocycles. The Labute approximate surface area is 137 Å². The van der Waals surface area contributed by atoms with E-state index in [1.807, 2.05) is 0 Å². The molecule has 0 saturated carbocycles. The molecule has 4 N–H and O–H groups in total. The largest absolute Gasteiger partial charge is 0.416 e. The number of nitrogens with zero attached hydrogens (tertiary/aromatic N) is 2. The number of rotatable bonds is 3. The number of nitrogens with two attached hydrogens (primary N) is 2. The highest BCUT2D eigenvalue weighted by molar-refractivity contribution is 5.89. The number of primary amides is 2. The smallest absolute Gasteiger partial charge is 0.369 e. The fourth-order valence-electron chi connectivity index (χ4n) is 3.29. The number of amides is 2. The summed E-state index contributed by atoms with van der Waals surface area (Å²) in [6, 6.07) is 0.804. The third-order valence-electron chi connectivity index (χ3n) is 4.43. The molecule has 2 amide bonds. The highest BCUT2D eigenvalue weighted by Crippen LogP contribution is 2.42. The van der Waals surface area contributed by atoms with Crippen molar-refractivity contribution in [2.24, 2.45) is 17.4 Å². The topological polar surface area (TPSA) is 102 Å². The SMILES string of the molecule is Cc1cc(C(F)(F)F)cc(N2C(C(N)=O)CC(C(N)=O)C2(C)C)n1. The molecule has 2 unspecified atom stereocenters. The molecule has 0 spiro atoms. The van der Waals surface area contributed by atoms with E-state index in [1.54, 1.807) is 13.8 Å². The van der Waals surface area contributed by atoms with Gasteiger partial charge >= 0.3 is 6.18 Å². The first kappa shape index (κ1) is 18.0. The second-order valence-electron chi connectivity index (χ2n) is 6.49. The maximum Gasteiger partial charge on any atom is 0.416 e. The molecule has 2 atom stereocenters. The summed E-state index contributed by atoms with van der Waals surface area (Å²) in [5.41, 5.74) is 9.03. The first-order valence-electron chi connectivity index (χ1n) is 7.29. The van der Waals surface area contributed by atoms with Crippen molar-refractivity contribution in [3.63, 3.8) is 0 Å². The molecule has 6 nitrogen and oxygen atoms in total. The molecule has 1 aliphatic heterocycles. The minimum Gasteiger partial charge on any atom is -0.369 e. The molecule has 1 fully saturated rings. The predicted molar refractivity (Wildman–Crippen MR) is 80.8 cm³/mol. The van der Waals surface area contributed by atoms with E-state index in [4.69, 9.17) is 11.5 Å². The van der Waals surface area contributed by atoms with E-state index in [9.17, 15) is 22.8 Å². The average Bonchev–Trinajstić information content (AvgIpc) is 2.68. The zero-order chi connectivity index (χ0) is 18.4. The lowest BCUT2D eigenvalue weighted by Crippen LogP contribution is -2.52. The van der Waals surface area contributed by atoms with Gasteiger partial charge in [-0.3, -0.25) is 9.59 Å². The number of aromatic nitrogens is 1. The van der Waals surface area contributed by atoms with Crippen LogP contribution >= 0.6 is 0 Å². The summed E-state index contributed by atoms with van der Waals surface area (Å²) >= 11 is 0. The summed E-state index contributed by atoms with van der Waals surface area (Å²) in [6.07, 6.45) is -4.52. The minimum atomic E-state index is -4.56. The fourth-order valence-corrected chi connectivity index (χ4v) is 3.29. The Morgan fingerprint density at radius 3 is 2.29 bits per heavy atom. The number of anilines is 1. The zero-order valence-corrected chi connectivity index (χ0v) is 13.5. The van der Waals surface area contributed by atoms with Crippen LogP contribution in [0.1, 0.15) is 31.5 Å². The Kier molecular flexibility index (Phi) is 4.24. The van der Waals surface area contributed by atoms with Crippen LogP contribution in [0.4, 0.5) is 19.0 Å². The van der Waals surface area contributed by atoms with Crippen LogP contribution in [-0.2, 0) is 15.8 Å². The number of alkyl halides is 3. The van der Waals surface area contributed by atoms with Gasteiger partial charge in [0.1, 0.15) is 11.9 Å². The van der Waals surface area contributed by atoms with Crippen LogP contribution in [0.5, 0.6) is 0 Å². The lowest BCUT2D eigenvalue weighted by molar-refractivity contribution is -0.137. The number of carbonyl (C=O) groups is 2. The fraction of sp³-hybridized carbons (Fsp3) is 0.533. The molecule has 0 aliphatic carbocycles. The van der Waals surface area contributed by atoms with Crippen LogP contribution in [-0.4, -0.2) is 28.4 Å². The van der Waals surface area contributed by atoms with E-state index in [0.29, 0.717) is 0 Å². The third-order valence-corrected chi connectivity index (χ3v) is 4.43. The van der Waals surface area contributed by atoms with Gasteiger partial charge in [0.25, 0.3) is 0 Å². The molecule has 0 aromatic carbocycles. The van der Waals surface area contributed by atoms with Crippen molar-refractivity contribution in [1.29, 1.82) is 0 Å². The maximum atomic E-state index is 13.1. The Balaban J connectivity index is 2.61. The standard InChI is InChI=1S/C15H19F3N4O2/c1-7-4-8(15(16,17)18)5-11(21-7)22-10(13(20)24)6-9(12(19)23)14(22,2)3/h4-5,9-10H,6H2,1-3H3,(H2,19,23)(H2,20,24). The van der Waals surface area contributed by atoms with Gasteiger partial charge in [-0.05, 0) is 39.3 Å². The van der Waals surface area contributed by atoms with Crippen molar-refractivity contribution >= 4 is 17.6 Å². The van der Waals surface area contributed by atoms with E-state index >= 15 is 0 Å². The van der Waals surface area contributed by atoms with Crippen LogP contribution in [0.2, 0.25) is 0 Å². The molecule has 2 heterocycles. The van der Waals surface area contributed by atoms with Crippen LogP contribution in [0.25, 0.3) is 0 Å². The minimum absolute atomic E-state index is 0.0363. The molecule has 24 heavy (non-hydrogen) atoms. The van der Waals surface area contributed by atoms with Gasteiger partial charge in [-0.2, -0.15) is 13.2 Å². The summed E-state index contributed by atoms with van der Waals surface area (Å²) in [6.45, 7) is 4.68. The Bertz CT molecular complexity index is 688. The highest BCUT2D eigenvalue weighted by Gasteiger charge is 2.52. The van der Waals surface area contributed by atoms with Gasteiger partial charge in [-0.1, -0.05) is 0 Å². The molecule has 1 aliphatic rings. The van der Waals surface area contributed by atoms with E-state index < -0.39 is 41.1 Å². The van der Waals surface area contributed by atoms with Crippen molar-refractivity contribution < 1.29 is 22.8 Å². The van der Waals surface area contributed by atoms with Crippen molar-refractivity contribution in [3.05, 3.63) is 23.4 Å². The lowest BCUT2D eigenvalue weighted by atomic mass is 9.87. The van der Waals surface area contributed by atoms with Gasteiger partial charge in [0.15, 0.2) is 0 Å². The molecule has 0 bridgehead atoms. The maximum absolute atomic E-state index is 13.1. The molecular formula is C15H19F3N4O2. The number of hydrogen-bond donors (Lipinski definition) is 2. The molecular weight excluding hydrogens is 325 g/mol. The first-order valence-corrected chi connectivity index (χ1v) is 7.29. The van der Waals surface area contributed by atoms with E-state index in [2.05, 4.69) is 4.98 Å². The van der Waals surface area contributed by atoms with Crippen molar-refractivity contribution in [3.8, 4) is 0 Å². The molecule has 132 valence electrons. The summed E-state index contributed by atoms with van der Waals surface area (Å²) in [4.78, 5) is 29.0. The lowest BCUT2D eigenvalue weighted by Gasteiger charge is -2.38. The average molecular weight is 344 g/mol. The molecule has 9 heteroatoms. The Hall–Kier alpha value is -2.32. The van der Waals surface area contributed by atoms with Gasteiger partial charge < -0.3 is 16.4 Å². The van der Waals surface area contributed by atoms with Crippen LogP contribution in [0.15, 0.2) is 12.1 Å². The van der Waals surface area contributed by atoms with Crippen molar-refractivity contribution in [1.82, 2.24) is 4.98 Å². The van der Waals surface area contributed by atoms with E-state index in [0.717, 1.165) is 12.1 Å². The normalized spacial score (nSPS) is 23.3. The van der Waals surface area contributed by atoms with Crippen LogP contribution in [0, 0.1) is 12.8 Å². The molecule has 1 aromatic rings. The highest BCUT2D eigenvalue weighted by atomic mass is 19.4. The van der Waals surface area contributed by atoms with Crippen LogP contribution in [0.3, 0.4) is 0 Å². The molecule has 0 radical (unpaired) electrons. The van der Waals surface area contributed by atoms with Crippen molar-refractivity contribution in [2.75, 3.05) is 4.90 Å². The molecule has 2 rings (SSSR count). The number of hydrogen-bond acceptors (Lipinski definition) is 4. The Morgan fingerprint density at radius 2 is 1.83 bits per heavy atom. The van der Waals surface area contributed by atoms with E-state index in [-0.39, 0.29) is 17.9 Å². The first-order chi connectivity index (χ1) is 10.9. The number of aryl methyl sites for hydroxylation is 1. The summed E-state index contributed by atoms with van der Waals surface area (Å²) in [7, 11) is 0. The second-order valence-corrected chi connectivity index (χ2v) is 6.49. The summed E-state index contributed by atoms with van der Waals surface area (Å²) in [5, 5.41) is 0. The van der Waals surface area contributed by atoms with E-state index in [1.165, 1.54) is 11.8 Å². The molecule has 1 saturated heterocycles. The number of pyridine rings is 1. The Morgan fingerprint density at radius 1 is 1.25 bits per heavy atom. The van der Waals surface area contributed by atoms with Gasteiger partial charge in [-0.25, -0.2) is 4.98 Å². The van der Waals surface area contributed by atoms with Gasteiger partial charge in [0.2, 0.25) is 11.8 Å². The van der Waals surface area contributed by atoms with Gasteiger partial charge in [-0.15, -0.1) is 0 Å². The van der Waals surface area contributed by atoms with Gasteiger partial charge in [0, 0.05) is 11.2 Å². The van der Waals surface area contributed by atoms with Crippen LogP contribution < -0.4 is 16.4 Å². The monoisotopic (exact) mass is 344 g/mol. The number of carbonyl (C=O) groups excluding carboxylic acids is 2. The quantitative estimate of drug-likeness (QED) is 0.864. The van der Waals surface area contributed by atoms with Gasteiger partial charge in [0.05, 0.1) is 11.5 Å². The third kappa shape index (κ3) is 3.02. The van der Waals surface area contributed by atoms with Crippen molar-refractivity contribution in [2.45, 2.75) is 44.9 Å². The predicted octanol–water partition coefficient (Wildman–Crippen LogP) is 1.35. The summed E-state index contributed by atoms with van der Waals surface area (Å²) in [5.74, 6) is -2.19. The number of halogens is 3.